The number of aromatic nitrogens is 3. The van der Waals surface area contributed by atoms with Crippen molar-refractivity contribution in [1.29, 1.82) is 0 Å². The Labute approximate surface area is 186 Å². The Morgan fingerprint density at radius 3 is 2.61 bits per heavy atom. The van der Waals surface area contributed by atoms with Crippen molar-refractivity contribution < 1.29 is 13.5 Å². The van der Waals surface area contributed by atoms with Gasteiger partial charge in [0.15, 0.2) is 0 Å². The summed E-state index contributed by atoms with van der Waals surface area (Å²) >= 11 is 3.68. The van der Waals surface area contributed by atoms with Crippen molar-refractivity contribution in [2.75, 3.05) is 31.2 Å². The Morgan fingerprint density at radius 1 is 1.06 bits per heavy atom. The monoisotopic (exact) mass is 486 g/mol. The molecule has 2 aromatic heterocycles. The van der Waals surface area contributed by atoms with Gasteiger partial charge in [-0.15, -0.1) is 0 Å². The second kappa shape index (κ2) is 8.16. The molecule has 0 spiro atoms. The van der Waals surface area contributed by atoms with Crippen molar-refractivity contribution in [3.8, 4) is 5.69 Å². The van der Waals surface area contributed by atoms with Crippen LogP contribution in [-0.2, 0) is 11.2 Å². The maximum absolute atomic E-state index is 14.9. The number of aryl methyl sites for hydroxylation is 1. The lowest BCUT2D eigenvalue weighted by Gasteiger charge is -2.29. The molecule has 1 aliphatic rings. The number of rotatable bonds is 4. The van der Waals surface area contributed by atoms with Crippen molar-refractivity contribution >= 4 is 43.6 Å². The third-order valence-electron chi connectivity index (χ3n) is 5.63. The lowest BCUT2D eigenvalue weighted by Crippen LogP contribution is -2.36. The Balaban J connectivity index is 1.82. The van der Waals surface area contributed by atoms with E-state index in [0.29, 0.717) is 25.3 Å². The van der Waals surface area contributed by atoms with Crippen LogP contribution in [0.3, 0.4) is 0 Å². The maximum atomic E-state index is 14.9. The fraction of sp³-hybridized carbons (Fsp3) is 0.304. The standard InChI is InChI=1S/C23H21BrF2N4O/c1-2-3-20-28-22-15(24)12-14(29-8-10-31-11-9-29)13-19(22)30(20)18-6-7-27-23-17(26)5-4-16(25)21(18)23/h4-7,12-13H,2-3,8-11H2,1H3. The molecule has 2 aromatic carbocycles. The number of hydrogen-bond donors (Lipinski definition) is 0. The van der Waals surface area contributed by atoms with Gasteiger partial charge in [0.2, 0.25) is 0 Å². The third-order valence-corrected chi connectivity index (χ3v) is 6.23. The van der Waals surface area contributed by atoms with Crippen LogP contribution in [0.4, 0.5) is 14.5 Å². The molecule has 160 valence electrons. The minimum atomic E-state index is -0.546. The summed E-state index contributed by atoms with van der Waals surface area (Å²) in [6, 6.07) is 8.12. The largest absolute Gasteiger partial charge is 0.378 e. The van der Waals surface area contributed by atoms with Gasteiger partial charge in [-0.3, -0.25) is 9.55 Å². The lowest BCUT2D eigenvalue weighted by molar-refractivity contribution is 0.122. The SMILES string of the molecule is CCCc1nc2c(Br)cc(N3CCOCC3)cc2n1-c1ccnc2c(F)ccc(F)c12. The van der Waals surface area contributed by atoms with Gasteiger partial charge in [-0.1, -0.05) is 6.92 Å². The first-order chi connectivity index (χ1) is 15.1. The molecular formula is C23H21BrF2N4O. The fourth-order valence-electron chi connectivity index (χ4n) is 4.20. The molecule has 8 heteroatoms. The van der Waals surface area contributed by atoms with Crippen LogP contribution < -0.4 is 4.90 Å². The number of imidazole rings is 1. The van der Waals surface area contributed by atoms with Gasteiger partial charge in [0.05, 0.1) is 29.8 Å². The Bertz CT molecular complexity index is 1280. The van der Waals surface area contributed by atoms with E-state index in [2.05, 4.69) is 44.9 Å². The molecule has 0 unspecified atom stereocenters. The van der Waals surface area contributed by atoms with E-state index in [4.69, 9.17) is 9.72 Å². The minimum absolute atomic E-state index is 0.0187. The number of hydrogen-bond acceptors (Lipinski definition) is 4. The van der Waals surface area contributed by atoms with Crippen LogP contribution in [0.2, 0.25) is 0 Å². The van der Waals surface area contributed by atoms with E-state index in [1.807, 2.05) is 4.57 Å². The number of fused-ring (bicyclic) bond motifs is 2. The van der Waals surface area contributed by atoms with Crippen molar-refractivity contribution in [3.63, 3.8) is 0 Å². The quantitative estimate of drug-likeness (QED) is 0.387. The molecule has 0 saturated carbocycles. The Morgan fingerprint density at radius 2 is 1.84 bits per heavy atom. The van der Waals surface area contributed by atoms with E-state index in [1.54, 1.807) is 6.07 Å². The molecule has 1 saturated heterocycles. The summed E-state index contributed by atoms with van der Waals surface area (Å²) in [5.74, 6) is -0.254. The van der Waals surface area contributed by atoms with Crippen molar-refractivity contribution in [3.05, 3.63) is 58.5 Å². The van der Waals surface area contributed by atoms with E-state index in [0.717, 1.165) is 58.7 Å². The lowest BCUT2D eigenvalue weighted by atomic mass is 10.1. The Kier molecular flexibility index (Phi) is 5.35. The Hall–Kier alpha value is -2.58. The molecular weight excluding hydrogens is 466 g/mol. The van der Waals surface area contributed by atoms with Crippen molar-refractivity contribution in [2.45, 2.75) is 19.8 Å². The molecule has 3 heterocycles. The highest BCUT2D eigenvalue weighted by atomic mass is 79.9. The second-order valence-corrected chi connectivity index (χ2v) is 8.45. The van der Waals surface area contributed by atoms with E-state index in [1.165, 1.54) is 6.20 Å². The molecule has 0 aliphatic carbocycles. The van der Waals surface area contributed by atoms with Gasteiger partial charge >= 0.3 is 0 Å². The van der Waals surface area contributed by atoms with Crippen LogP contribution in [0.1, 0.15) is 19.2 Å². The molecule has 5 nitrogen and oxygen atoms in total. The molecule has 1 aliphatic heterocycles. The number of morpholine rings is 1. The highest BCUT2D eigenvalue weighted by molar-refractivity contribution is 9.10. The number of nitrogens with zero attached hydrogens (tertiary/aromatic N) is 4. The van der Waals surface area contributed by atoms with Gasteiger partial charge in [0.1, 0.15) is 28.5 Å². The number of ether oxygens (including phenoxy) is 1. The van der Waals surface area contributed by atoms with Crippen LogP contribution in [0, 0.1) is 11.6 Å². The summed E-state index contributed by atoms with van der Waals surface area (Å²) in [5.41, 5.74) is 3.23. The van der Waals surface area contributed by atoms with Crippen LogP contribution >= 0.6 is 15.9 Å². The van der Waals surface area contributed by atoms with E-state index in [9.17, 15) is 8.78 Å². The summed E-state index contributed by atoms with van der Waals surface area (Å²) in [6.07, 6.45) is 3.09. The normalized spacial score (nSPS) is 14.6. The molecule has 1 fully saturated rings. The van der Waals surface area contributed by atoms with Crippen LogP contribution in [0.25, 0.3) is 27.6 Å². The van der Waals surface area contributed by atoms with Crippen molar-refractivity contribution in [2.24, 2.45) is 0 Å². The highest BCUT2D eigenvalue weighted by Crippen LogP contribution is 2.35. The first-order valence-electron chi connectivity index (χ1n) is 10.3. The fourth-order valence-corrected chi connectivity index (χ4v) is 4.72. The maximum Gasteiger partial charge on any atom is 0.149 e. The van der Waals surface area contributed by atoms with Gasteiger partial charge < -0.3 is 9.64 Å². The summed E-state index contributed by atoms with van der Waals surface area (Å²) in [5, 5.41) is 0.159. The van der Waals surface area contributed by atoms with E-state index < -0.39 is 11.6 Å². The number of pyridine rings is 1. The second-order valence-electron chi connectivity index (χ2n) is 7.59. The smallest absolute Gasteiger partial charge is 0.149 e. The molecule has 4 aromatic rings. The first-order valence-corrected chi connectivity index (χ1v) is 11.1. The first kappa shape index (κ1) is 20.3. The predicted octanol–water partition coefficient (Wildman–Crippen LogP) is 5.40. The molecule has 5 rings (SSSR count). The number of anilines is 1. The van der Waals surface area contributed by atoms with Gasteiger partial charge in [0.25, 0.3) is 0 Å². The topological polar surface area (TPSA) is 43.2 Å². The number of benzene rings is 2. The molecule has 0 radical (unpaired) electrons. The average Bonchev–Trinajstić information content (AvgIpc) is 3.15. The summed E-state index contributed by atoms with van der Waals surface area (Å²) < 4.78 is 37.7. The zero-order chi connectivity index (χ0) is 21.5. The predicted molar refractivity (Wildman–Crippen MR) is 121 cm³/mol. The molecule has 0 N–H and O–H groups in total. The van der Waals surface area contributed by atoms with Gasteiger partial charge in [0, 0.05) is 35.9 Å². The van der Waals surface area contributed by atoms with Crippen LogP contribution in [0.5, 0.6) is 0 Å². The highest BCUT2D eigenvalue weighted by Gasteiger charge is 2.21. The zero-order valence-corrected chi connectivity index (χ0v) is 18.6. The van der Waals surface area contributed by atoms with Crippen molar-refractivity contribution in [1.82, 2.24) is 14.5 Å². The summed E-state index contributed by atoms with van der Waals surface area (Å²) in [7, 11) is 0. The summed E-state index contributed by atoms with van der Waals surface area (Å²) in [6.45, 7) is 5.02. The van der Waals surface area contributed by atoms with E-state index in [-0.39, 0.29) is 10.9 Å². The van der Waals surface area contributed by atoms with Gasteiger partial charge in [-0.2, -0.15) is 0 Å². The summed E-state index contributed by atoms with van der Waals surface area (Å²) in [4.78, 5) is 11.2. The molecule has 0 atom stereocenters. The molecule has 31 heavy (non-hydrogen) atoms. The number of halogens is 3. The van der Waals surface area contributed by atoms with E-state index >= 15 is 0 Å². The van der Waals surface area contributed by atoms with Crippen LogP contribution in [0.15, 0.2) is 41.0 Å². The molecule has 0 bridgehead atoms. The van der Waals surface area contributed by atoms with Crippen LogP contribution in [-0.4, -0.2) is 40.8 Å². The minimum Gasteiger partial charge on any atom is -0.378 e. The third kappa shape index (κ3) is 3.47. The molecule has 0 amide bonds. The van der Waals surface area contributed by atoms with Gasteiger partial charge in [-0.25, -0.2) is 13.8 Å². The average molecular weight is 487 g/mol. The zero-order valence-electron chi connectivity index (χ0n) is 17.0. The van der Waals surface area contributed by atoms with Gasteiger partial charge in [-0.05, 0) is 52.7 Å².